The van der Waals surface area contributed by atoms with Crippen LogP contribution in [0.3, 0.4) is 0 Å². The lowest BCUT2D eigenvalue weighted by molar-refractivity contribution is -0.390. The standard InChI is InChI=1S/C12H12N4O3/c13-11(17)10-8-15(14-12(10)16(18)19)7-6-9-4-2-1-3-5-9/h1-5,8H,6-7H2,(H2,13,17). The van der Waals surface area contributed by atoms with Gasteiger partial charge in [-0.2, -0.15) is 4.68 Å². The summed E-state index contributed by atoms with van der Waals surface area (Å²) in [5, 5.41) is 14.5. The Labute approximate surface area is 108 Å². The van der Waals surface area contributed by atoms with Crippen molar-refractivity contribution in [2.45, 2.75) is 13.0 Å². The Balaban J connectivity index is 2.15. The Morgan fingerprint density at radius 2 is 2.05 bits per heavy atom. The number of aromatic nitrogens is 2. The van der Waals surface area contributed by atoms with E-state index in [0.29, 0.717) is 13.0 Å². The first-order chi connectivity index (χ1) is 9.08. The maximum Gasteiger partial charge on any atom is 0.402 e. The lowest BCUT2D eigenvalue weighted by Crippen LogP contribution is -2.11. The second-order valence-electron chi connectivity index (χ2n) is 3.99. The molecule has 0 fully saturated rings. The number of nitrogens with two attached hydrogens (primary N) is 1. The van der Waals surface area contributed by atoms with Gasteiger partial charge in [-0.25, -0.2) is 0 Å². The fourth-order valence-corrected chi connectivity index (χ4v) is 1.72. The van der Waals surface area contributed by atoms with Gasteiger partial charge >= 0.3 is 5.82 Å². The molecule has 98 valence electrons. The summed E-state index contributed by atoms with van der Waals surface area (Å²) >= 11 is 0. The molecule has 0 aliphatic carbocycles. The number of benzene rings is 1. The second kappa shape index (κ2) is 5.30. The number of carbonyl (C=O) groups is 1. The lowest BCUT2D eigenvalue weighted by Gasteiger charge is -1.98. The zero-order valence-electron chi connectivity index (χ0n) is 10.0. The van der Waals surface area contributed by atoms with Crippen LogP contribution >= 0.6 is 0 Å². The Morgan fingerprint density at radius 1 is 1.37 bits per heavy atom. The lowest BCUT2D eigenvalue weighted by atomic mass is 10.1. The van der Waals surface area contributed by atoms with E-state index in [4.69, 9.17) is 5.73 Å². The number of hydrogen-bond acceptors (Lipinski definition) is 4. The van der Waals surface area contributed by atoms with E-state index in [2.05, 4.69) is 5.10 Å². The van der Waals surface area contributed by atoms with Gasteiger partial charge in [-0.1, -0.05) is 30.3 Å². The Bertz CT molecular complexity index is 575. The number of rotatable bonds is 5. The van der Waals surface area contributed by atoms with E-state index in [1.807, 2.05) is 30.3 Å². The molecule has 7 heteroatoms. The highest BCUT2D eigenvalue weighted by molar-refractivity contribution is 5.95. The molecule has 0 saturated heterocycles. The molecule has 7 nitrogen and oxygen atoms in total. The average molecular weight is 260 g/mol. The normalized spacial score (nSPS) is 10.3. The highest BCUT2D eigenvalue weighted by atomic mass is 16.6. The molecule has 0 aliphatic rings. The first-order valence-electron chi connectivity index (χ1n) is 5.63. The maximum absolute atomic E-state index is 11.1. The average Bonchev–Trinajstić information content (AvgIpc) is 2.82. The molecule has 0 unspecified atom stereocenters. The number of amides is 1. The zero-order chi connectivity index (χ0) is 13.8. The van der Waals surface area contributed by atoms with Crippen molar-refractivity contribution >= 4 is 11.7 Å². The van der Waals surface area contributed by atoms with Crippen LogP contribution in [0.5, 0.6) is 0 Å². The van der Waals surface area contributed by atoms with Gasteiger partial charge in [0.1, 0.15) is 0 Å². The third-order valence-corrected chi connectivity index (χ3v) is 2.65. The molecule has 2 N–H and O–H groups in total. The van der Waals surface area contributed by atoms with Crippen molar-refractivity contribution in [3.05, 3.63) is 57.8 Å². The van der Waals surface area contributed by atoms with Crippen molar-refractivity contribution in [3.8, 4) is 0 Å². The molecular weight excluding hydrogens is 248 g/mol. The van der Waals surface area contributed by atoms with Gasteiger partial charge in [0.15, 0.2) is 5.56 Å². The first kappa shape index (κ1) is 12.7. The SMILES string of the molecule is NC(=O)c1cn(CCc2ccccc2)nc1[N+](=O)[O-]. The van der Waals surface area contributed by atoms with E-state index in [9.17, 15) is 14.9 Å². The van der Waals surface area contributed by atoms with Crippen LogP contribution in [0.4, 0.5) is 5.82 Å². The Kier molecular flexibility index (Phi) is 3.56. The van der Waals surface area contributed by atoms with Crippen molar-refractivity contribution in [2.75, 3.05) is 0 Å². The molecule has 2 aromatic rings. The van der Waals surface area contributed by atoms with E-state index in [1.165, 1.54) is 10.9 Å². The molecule has 1 aromatic heterocycles. The van der Waals surface area contributed by atoms with Gasteiger partial charge in [0.25, 0.3) is 5.91 Å². The Morgan fingerprint density at radius 3 is 2.58 bits per heavy atom. The van der Waals surface area contributed by atoms with Crippen LogP contribution in [0.2, 0.25) is 0 Å². The highest BCUT2D eigenvalue weighted by Gasteiger charge is 2.24. The monoisotopic (exact) mass is 260 g/mol. The summed E-state index contributed by atoms with van der Waals surface area (Å²) in [6, 6.07) is 9.64. The van der Waals surface area contributed by atoms with Crippen molar-refractivity contribution in [2.24, 2.45) is 5.73 Å². The predicted molar refractivity (Wildman–Crippen MR) is 67.5 cm³/mol. The number of nitro groups is 1. The summed E-state index contributed by atoms with van der Waals surface area (Å²) in [7, 11) is 0. The van der Waals surface area contributed by atoms with E-state index < -0.39 is 16.6 Å². The molecule has 0 bridgehead atoms. The minimum atomic E-state index is -0.849. The summed E-state index contributed by atoms with van der Waals surface area (Å²) in [5.74, 6) is -1.35. The third-order valence-electron chi connectivity index (χ3n) is 2.65. The van der Waals surface area contributed by atoms with Crippen molar-refractivity contribution in [1.29, 1.82) is 0 Å². The molecule has 1 heterocycles. The van der Waals surface area contributed by atoms with Gasteiger partial charge in [-0.05, 0) is 16.9 Å². The molecule has 2 rings (SSSR count). The van der Waals surface area contributed by atoms with Crippen LogP contribution in [-0.2, 0) is 13.0 Å². The van der Waals surface area contributed by atoms with Gasteiger partial charge in [0, 0.05) is 0 Å². The van der Waals surface area contributed by atoms with Crippen LogP contribution in [-0.4, -0.2) is 20.6 Å². The first-order valence-corrected chi connectivity index (χ1v) is 5.63. The van der Waals surface area contributed by atoms with E-state index in [-0.39, 0.29) is 5.56 Å². The number of nitrogens with zero attached hydrogens (tertiary/aromatic N) is 3. The number of carbonyl (C=O) groups excluding carboxylic acids is 1. The number of aryl methyl sites for hydroxylation is 2. The number of primary amides is 1. The maximum atomic E-state index is 11.1. The quantitative estimate of drug-likeness (QED) is 0.642. The van der Waals surface area contributed by atoms with Crippen molar-refractivity contribution in [3.63, 3.8) is 0 Å². The van der Waals surface area contributed by atoms with Crippen molar-refractivity contribution < 1.29 is 9.72 Å². The molecular formula is C12H12N4O3. The summed E-state index contributed by atoms with van der Waals surface area (Å²) in [4.78, 5) is 21.1. The van der Waals surface area contributed by atoms with E-state index in [1.54, 1.807) is 0 Å². The smallest absolute Gasteiger partial charge is 0.365 e. The summed E-state index contributed by atoms with van der Waals surface area (Å²) < 4.78 is 1.37. The van der Waals surface area contributed by atoms with E-state index in [0.717, 1.165) is 5.56 Å². The van der Waals surface area contributed by atoms with Crippen LogP contribution in [0.25, 0.3) is 0 Å². The van der Waals surface area contributed by atoms with Crippen molar-refractivity contribution in [1.82, 2.24) is 9.78 Å². The van der Waals surface area contributed by atoms with E-state index >= 15 is 0 Å². The minimum Gasteiger partial charge on any atom is -0.365 e. The van der Waals surface area contributed by atoms with Gasteiger partial charge in [-0.3, -0.25) is 4.79 Å². The molecule has 0 atom stereocenters. The topological polar surface area (TPSA) is 104 Å². The highest BCUT2D eigenvalue weighted by Crippen LogP contribution is 2.15. The van der Waals surface area contributed by atoms with Crippen LogP contribution in [0.1, 0.15) is 15.9 Å². The summed E-state index contributed by atoms with van der Waals surface area (Å²) in [5.41, 5.74) is 5.99. The fraction of sp³-hybridized carbons (Fsp3) is 0.167. The van der Waals surface area contributed by atoms with Crippen LogP contribution < -0.4 is 5.73 Å². The summed E-state index contributed by atoms with van der Waals surface area (Å²) in [6.45, 7) is 0.443. The van der Waals surface area contributed by atoms with Gasteiger partial charge in [0.2, 0.25) is 0 Å². The predicted octanol–water partition coefficient (Wildman–Crippen LogP) is 1.13. The molecule has 1 aromatic carbocycles. The molecule has 19 heavy (non-hydrogen) atoms. The largest absolute Gasteiger partial charge is 0.402 e. The summed E-state index contributed by atoms with van der Waals surface area (Å²) in [6.07, 6.45) is 1.97. The van der Waals surface area contributed by atoms with Gasteiger partial charge in [0.05, 0.1) is 17.8 Å². The molecule has 0 spiro atoms. The molecule has 0 saturated carbocycles. The minimum absolute atomic E-state index is 0.168. The van der Waals surface area contributed by atoms with Crippen LogP contribution in [0.15, 0.2) is 36.5 Å². The van der Waals surface area contributed by atoms with Gasteiger partial charge in [-0.15, -0.1) is 0 Å². The number of hydrogen-bond donors (Lipinski definition) is 1. The second-order valence-corrected chi connectivity index (χ2v) is 3.99. The Hall–Kier alpha value is -2.70. The fourth-order valence-electron chi connectivity index (χ4n) is 1.72. The van der Waals surface area contributed by atoms with Crippen LogP contribution in [0, 0.1) is 10.1 Å². The van der Waals surface area contributed by atoms with Gasteiger partial charge < -0.3 is 15.8 Å². The molecule has 1 amide bonds. The molecule has 0 aliphatic heterocycles. The zero-order valence-corrected chi connectivity index (χ0v) is 10.0. The molecule has 0 radical (unpaired) electrons. The third kappa shape index (κ3) is 2.95.